The lowest BCUT2D eigenvalue weighted by molar-refractivity contribution is 0.863. The zero-order valence-corrected chi connectivity index (χ0v) is 15.6. The number of nitrogens with zero attached hydrogens (tertiary/aromatic N) is 5. The Kier molecular flexibility index (Phi) is 3.72. The lowest BCUT2D eigenvalue weighted by Gasteiger charge is -2.11. The molecule has 0 saturated carbocycles. The summed E-state index contributed by atoms with van der Waals surface area (Å²) in [6, 6.07) is 21.7. The van der Waals surface area contributed by atoms with Crippen molar-refractivity contribution in [2.75, 3.05) is 0 Å². The SMILES string of the molecule is N#CCC1c2cc(C#N)ccc2-c2cc3c(cc21)/C(=N/C#N)c1cc(C#N)ccc1-3. The van der Waals surface area contributed by atoms with Crippen molar-refractivity contribution in [3.8, 4) is 46.7 Å². The molecule has 3 aromatic rings. The highest BCUT2D eigenvalue weighted by Gasteiger charge is 2.34. The van der Waals surface area contributed by atoms with Crippen molar-refractivity contribution in [3.05, 3.63) is 81.9 Å². The highest BCUT2D eigenvalue weighted by atomic mass is 14.7. The Bertz CT molecular complexity index is 1470. The van der Waals surface area contributed by atoms with Crippen LogP contribution in [-0.4, -0.2) is 5.71 Å². The van der Waals surface area contributed by atoms with Gasteiger partial charge in [-0.05, 0) is 69.8 Å². The van der Waals surface area contributed by atoms with E-state index in [1.54, 1.807) is 18.2 Å². The molecule has 2 aliphatic rings. The van der Waals surface area contributed by atoms with E-state index in [0.29, 0.717) is 23.3 Å². The normalized spacial score (nSPS) is 15.7. The maximum Gasteiger partial charge on any atom is 0.206 e. The number of aliphatic imine (C=N–C) groups is 1. The third-order valence-electron chi connectivity index (χ3n) is 5.82. The van der Waals surface area contributed by atoms with E-state index in [-0.39, 0.29) is 5.92 Å². The maximum atomic E-state index is 9.42. The number of rotatable bonds is 1. The Labute approximate surface area is 173 Å². The molecule has 0 aliphatic heterocycles. The zero-order valence-electron chi connectivity index (χ0n) is 15.6. The quantitative estimate of drug-likeness (QED) is 0.443. The lowest BCUT2D eigenvalue weighted by atomic mass is 9.91. The molecule has 3 aromatic carbocycles. The molecule has 0 radical (unpaired) electrons. The molecule has 1 unspecified atom stereocenters. The molecule has 30 heavy (non-hydrogen) atoms. The van der Waals surface area contributed by atoms with E-state index in [4.69, 9.17) is 0 Å². The summed E-state index contributed by atoms with van der Waals surface area (Å²) < 4.78 is 0. The number of nitriles is 4. The van der Waals surface area contributed by atoms with Crippen LogP contribution in [0.3, 0.4) is 0 Å². The van der Waals surface area contributed by atoms with Crippen molar-refractivity contribution in [2.45, 2.75) is 12.3 Å². The minimum Gasteiger partial charge on any atom is -0.198 e. The van der Waals surface area contributed by atoms with E-state index in [1.165, 1.54) is 0 Å². The smallest absolute Gasteiger partial charge is 0.198 e. The van der Waals surface area contributed by atoms with Gasteiger partial charge in [-0.1, -0.05) is 12.1 Å². The molecule has 5 heteroatoms. The first kappa shape index (κ1) is 17.4. The molecule has 0 amide bonds. The van der Waals surface area contributed by atoms with Gasteiger partial charge in [0.05, 0.1) is 35.0 Å². The number of benzene rings is 3. The van der Waals surface area contributed by atoms with Crippen molar-refractivity contribution in [1.29, 1.82) is 21.0 Å². The second-order valence-electron chi connectivity index (χ2n) is 7.25. The van der Waals surface area contributed by atoms with Crippen molar-refractivity contribution in [3.63, 3.8) is 0 Å². The van der Waals surface area contributed by atoms with Gasteiger partial charge < -0.3 is 0 Å². The van der Waals surface area contributed by atoms with Crippen LogP contribution in [0.4, 0.5) is 0 Å². The molecule has 0 spiro atoms. The van der Waals surface area contributed by atoms with E-state index < -0.39 is 0 Å². The van der Waals surface area contributed by atoms with Gasteiger partial charge in [0.15, 0.2) is 0 Å². The summed E-state index contributed by atoms with van der Waals surface area (Å²) in [6.07, 6.45) is 2.18. The van der Waals surface area contributed by atoms with Crippen LogP contribution in [0.15, 0.2) is 53.5 Å². The largest absolute Gasteiger partial charge is 0.206 e. The zero-order chi connectivity index (χ0) is 20.8. The average molecular weight is 381 g/mol. The van der Waals surface area contributed by atoms with Crippen LogP contribution in [0.2, 0.25) is 0 Å². The Morgan fingerprint density at radius 3 is 2.03 bits per heavy atom. The highest BCUT2D eigenvalue weighted by Crippen LogP contribution is 2.50. The molecule has 0 N–H and O–H groups in total. The third-order valence-corrected chi connectivity index (χ3v) is 5.82. The molecule has 2 aliphatic carbocycles. The summed E-state index contributed by atoms with van der Waals surface area (Å²) in [5, 5.41) is 37.3. The predicted molar refractivity (Wildman–Crippen MR) is 110 cm³/mol. The average Bonchev–Trinajstić information content (AvgIpc) is 3.24. The van der Waals surface area contributed by atoms with Gasteiger partial charge in [0.2, 0.25) is 6.19 Å². The van der Waals surface area contributed by atoms with E-state index in [2.05, 4.69) is 29.3 Å². The lowest BCUT2D eigenvalue weighted by Crippen LogP contribution is -2.01. The van der Waals surface area contributed by atoms with Crippen LogP contribution >= 0.6 is 0 Å². The summed E-state index contributed by atoms with van der Waals surface area (Å²) in [5.41, 5.74) is 9.14. The van der Waals surface area contributed by atoms with Crippen LogP contribution < -0.4 is 0 Å². The van der Waals surface area contributed by atoms with Crippen LogP contribution in [0.1, 0.15) is 45.7 Å². The van der Waals surface area contributed by atoms with Crippen LogP contribution in [0.5, 0.6) is 0 Å². The highest BCUT2D eigenvalue weighted by molar-refractivity contribution is 6.25. The van der Waals surface area contributed by atoms with E-state index in [9.17, 15) is 21.0 Å². The first-order valence-electron chi connectivity index (χ1n) is 9.31. The first-order valence-corrected chi connectivity index (χ1v) is 9.31. The second-order valence-corrected chi connectivity index (χ2v) is 7.25. The Morgan fingerprint density at radius 1 is 0.667 bits per heavy atom. The first-order chi connectivity index (χ1) is 14.7. The topological polar surface area (TPSA) is 108 Å². The summed E-state index contributed by atoms with van der Waals surface area (Å²) in [5.74, 6) is -0.139. The fraction of sp³-hybridized carbons (Fsp3) is 0.0800. The molecule has 0 saturated heterocycles. The summed E-state index contributed by atoms with van der Waals surface area (Å²) in [4.78, 5) is 4.06. The Hall–Kier alpha value is -4.71. The molecule has 0 aromatic heterocycles. The van der Waals surface area contributed by atoms with Crippen molar-refractivity contribution in [1.82, 2.24) is 0 Å². The molecule has 0 bridgehead atoms. The van der Waals surface area contributed by atoms with Gasteiger partial charge >= 0.3 is 0 Å². The summed E-state index contributed by atoms with van der Waals surface area (Å²) in [6.45, 7) is 0. The molecule has 136 valence electrons. The number of hydrogen-bond acceptors (Lipinski definition) is 5. The van der Waals surface area contributed by atoms with Gasteiger partial charge in [0, 0.05) is 23.5 Å². The Morgan fingerprint density at radius 2 is 1.33 bits per heavy atom. The number of hydrogen-bond donors (Lipinski definition) is 0. The maximum absolute atomic E-state index is 9.42. The van der Waals surface area contributed by atoms with Gasteiger partial charge in [-0.25, -0.2) is 0 Å². The van der Waals surface area contributed by atoms with Gasteiger partial charge in [0.25, 0.3) is 0 Å². The van der Waals surface area contributed by atoms with E-state index in [0.717, 1.165) is 44.5 Å². The minimum absolute atomic E-state index is 0.139. The van der Waals surface area contributed by atoms with Crippen LogP contribution in [0.25, 0.3) is 22.3 Å². The summed E-state index contributed by atoms with van der Waals surface area (Å²) >= 11 is 0. The van der Waals surface area contributed by atoms with Crippen LogP contribution in [0, 0.1) is 45.4 Å². The van der Waals surface area contributed by atoms with Gasteiger partial charge in [-0.3, -0.25) is 0 Å². The van der Waals surface area contributed by atoms with Crippen molar-refractivity contribution < 1.29 is 0 Å². The molecule has 5 nitrogen and oxygen atoms in total. The molecule has 0 fully saturated rings. The van der Waals surface area contributed by atoms with Crippen LogP contribution in [-0.2, 0) is 0 Å². The van der Waals surface area contributed by atoms with Crippen molar-refractivity contribution in [2.24, 2.45) is 4.99 Å². The fourth-order valence-electron chi connectivity index (χ4n) is 4.56. The van der Waals surface area contributed by atoms with E-state index >= 15 is 0 Å². The predicted octanol–water partition coefficient (Wildman–Crippen LogP) is 4.75. The molecular weight excluding hydrogens is 370 g/mol. The minimum atomic E-state index is -0.139. The Balaban J connectivity index is 1.80. The molecular formula is C25H11N5. The van der Waals surface area contributed by atoms with Gasteiger partial charge in [-0.2, -0.15) is 26.0 Å². The molecule has 5 rings (SSSR count). The van der Waals surface area contributed by atoms with Gasteiger partial charge in [-0.15, -0.1) is 0 Å². The molecule has 0 heterocycles. The standard InChI is InChI=1S/C25H11N5/c26-6-5-18-19-7-14(11-27)1-3-16(19)20-9-22-17-4-2-15(12-28)8-23(17)25(30-13-29)24(22)10-21(18)20/h1-4,7-10,18H,5H2/b30-25+. The van der Waals surface area contributed by atoms with Crippen molar-refractivity contribution >= 4 is 5.71 Å². The van der Waals surface area contributed by atoms with E-state index in [1.807, 2.05) is 30.5 Å². The number of fused-ring (bicyclic) bond motifs is 6. The third kappa shape index (κ3) is 2.28. The summed E-state index contributed by atoms with van der Waals surface area (Å²) in [7, 11) is 0. The molecule has 1 atom stereocenters. The fourth-order valence-corrected chi connectivity index (χ4v) is 4.56. The monoisotopic (exact) mass is 381 g/mol. The second kappa shape index (κ2) is 6.42. The van der Waals surface area contributed by atoms with Gasteiger partial charge in [0.1, 0.15) is 0 Å².